The molecule has 0 unspecified atom stereocenters. The van der Waals surface area contributed by atoms with Crippen molar-refractivity contribution in [2.75, 3.05) is 11.9 Å². The molecule has 1 aliphatic rings. The highest BCUT2D eigenvalue weighted by Gasteiger charge is 2.19. The zero-order valence-electron chi connectivity index (χ0n) is 6.30. The van der Waals surface area contributed by atoms with Crippen LogP contribution in [0.15, 0.2) is 16.7 Å². The number of pyridine rings is 1. The van der Waals surface area contributed by atoms with Crippen LogP contribution < -0.4 is 5.32 Å². The highest BCUT2D eigenvalue weighted by Crippen LogP contribution is 2.26. The van der Waals surface area contributed by atoms with Gasteiger partial charge in [-0.25, -0.2) is 4.98 Å². The van der Waals surface area contributed by atoms with Crippen LogP contribution in [-0.2, 0) is 0 Å². The Morgan fingerprint density at radius 3 is 3.17 bits per heavy atom. The summed E-state index contributed by atoms with van der Waals surface area (Å²) in [7, 11) is 0. The predicted molar refractivity (Wildman–Crippen MR) is 49.4 cm³/mol. The summed E-state index contributed by atoms with van der Waals surface area (Å²) in [6, 6.07) is 1.78. The normalized spacial score (nSPS) is 15.2. The first-order chi connectivity index (χ1) is 5.79. The smallest absolute Gasteiger partial charge is 0.169 e. The summed E-state index contributed by atoms with van der Waals surface area (Å²) < 4.78 is 0.824. The average molecular weight is 227 g/mol. The van der Waals surface area contributed by atoms with Crippen LogP contribution in [0.25, 0.3) is 0 Å². The molecular weight excluding hydrogens is 220 g/mol. The Morgan fingerprint density at radius 2 is 2.42 bits per heavy atom. The van der Waals surface area contributed by atoms with Crippen LogP contribution in [0.5, 0.6) is 0 Å². The Morgan fingerprint density at radius 1 is 1.58 bits per heavy atom. The summed E-state index contributed by atoms with van der Waals surface area (Å²) in [5.41, 5.74) is 0.684. The molecule has 0 fully saturated rings. The number of halogens is 1. The van der Waals surface area contributed by atoms with E-state index in [9.17, 15) is 4.79 Å². The Bertz CT molecular complexity index is 338. The van der Waals surface area contributed by atoms with E-state index < -0.39 is 0 Å². The van der Waals surface area contributed by atoms with Gasteiger partial charge >= 0.3 is 0 Å². The van der Waals surface area contributed by atoms with Crippen LogP contribution in [-0.4, -0.2) is 17.3 Å². The number of Topliss-reactive ketones (excluding diaryl/α,β-unsaturated/α-hetero) is 1. The van der Waals surface area contributed by atoms with Crippen LogP contribution in [0.2, 0.25) is 0 Å². The molecule has 0 saturated carbocycles. The van der Waals surface area contributed by atoms with Gasteiger partial charge in [0, 0.05) is 23.6 Å². The van der Waals surface area contributed by atoms with Crippen molar-refractivity contribution >= 4 is 27.5 Å². The quantitative estimate of drug-likeness (QED) is 0.735. The van der Waals surface area contributed by atoms with Crippen LogP contribution in [0.3, 0.4) is 0 Å². The molecule has 0 spiro atoms. The largest absolute Gasteiger partial charge is 0.369 e. The van der Waals surface area contributed by atoms with Gasteiger partial charge in [0.15, 0.2) is 5.78 Å². The van der Waals surface area contributed by atoms with E-state index in [0.29, 0.717) is 24.3 Å². The number of hydrogen-bond acceptors (Lipinski definition) is 3. The summed E-state index contributed by atoms with van der Waals surface area (Å²) in [4.78, 5) is 15.5. The number of nitrogens with one attached hydrogen (secondary N) is 1. The first-order valence-electron chi connectivity index (χ1n) is 3.70. The molecule has 2 rings (SSSR count). The third-order valence-corrected chi connectivity index (χ3v) is 2.48. The van der Waals surface area contributed by atoms with E-state index in [4.69, 9.17) is 0 Å². The SMILES string of the molecule is O=C1CCNc2nccc(Br)c21. The second kappa shape index (κ2) is 2.86. The van der Waals surface area contributed by atoms with Crippen molar-refractivity contribution in [1.82, 2.24) is 4.98 Å². The molecule has 1 aliphatic heterocycles. The number of carbonyl (C=O) groups excluding carboxylic acids is 1. The van der Waals surface area contributed by atoms with Crippen molar-refractivity contribution < 1.29 is 4.79 Å². The van der Waals surface area contributed by atoms with Gasteiger partial charge in [-0.1, -0.05) is 0 Å². The zero-order chi connectivity index (χ0) is 8.55. The molecule has 62 valence electrons. The summed E-state index contributed by atoms with van der Waals surface area (Å²) in [6.07, 6.45) is 2.23. The lowest BCUT2D eigenvalue weighted by Crippen LogP contribution is -2.19. The van der Waals surface area contributed by atoms with Crippen LogP contribution >= 0.6 is 15.9 Å². The van der Waals surface area contributed by atoms with Gasteiger partial charge in [0.25, 0.3) is 0 Å². The van der Waals surface area contributed by atoms with Gasteiger partial charge in [-0.3, -0.25) is 4.79 Å². The molecule has 0 atom stereocenters. The molecule has 0 bridgehead atoms. The fourth-order valence-corrected chi connectivity index (χ4v) is 1.78. The lowest BCUT2D eigenvalue weighted by Gasteiger charge is -2.16. The average Bonchev–Trinajstić information content (AvgIpc) is 2.04. The Labute approximate surface area is 78.3 Å². The minimum atomic E-state index is 0.156. The van der Waals surface area contributed by atoms with Crippen LogP contribution in [0.1, 0.15) is 16.8 Å². The van der Waals surface area contributed by atoms with Crippen LogP contribution in [0.4, 0.5) is 5.82 Å². The van der Waals surface area contributed by atoms with Gasteiger partial charge in [0.05, 0.1) is 5.56 Å². The van der Waals surface area contributed by atoms with E-state index in [1.165, 1.54) is 0 Å². The minimum absolute atomic E-state index is 0.156. The van der Waals surface area contributed by atoms with Gasteiger partial charge in [0.1, 0.15) is 5.82 Å². The summed E-state index contributed by atoms with van der Waals surface area (Å²) >= 11 is 3.32. The van der Waals surface area contributed by atoms with Gasteiger partial charge in [-0.2, -0.15) is 0 Å². The maximum atomic E-state index is 11.4. The van der Waals surface area contributed by atoms with E-state index in [1.54, 1.807) is 12.3 Å². The van der Waals surface area contributed by atoms with Crippen molar-refractivity contribution in [3.05, 3.63) is 22.3 Å². The van der Waals surface area contributed by atoms with Crippen molar-refractivity contribution in [2.45, 2.75) is 6.42 Å². The summed E-state index contributed by atoms with van der Waals surface area (Å²) in [5.74, 6) is 0.851. The maximum absolute atomic E-state index is 11.4. The number of nitrogens with zero attached hydrogens (tertiary/aromatic N) is 1. The van der Waals surface area contributed by atoms with Gasteiger partial charge in [-0.05, 0) is 22.0 Å². The highest BCUT2D eigenvalue weighted by atomic mass is 79.9. The lowest BCUT2D eigenvalue weighted by atomic mass is 10.1. The van der Waals surface area contributed by atoms with Crippen molar-refractivity contribution in [3.63, 3.8) is 0 Å². The molecule has 0 amide bonds. The standard InChI is InChI=1S/C8H7BrN2O/c9-5-1-3-10-8-7(5)6(12)2-4-11-8/h1,3H,2,4H2,(H,10,11). The Balaban J connectivity index is 2.60. The summed E-state index contributed by atoms with van der Waals surface area (Å²) in [5, 5.41) is 3.07. The lowest BCUT2D eigenvalue weighted by molar-refractivity contribution is 0.0982. The molecule has 12 heavy (non-hydrogen) atoms. The Kier molecular flexibility index (Phi) is 1.84. The topological polar surface area (TPSA) is 42.0 Å². The second-order valence-electron chi connectivity index (χ2n) is 2.62. The van der Waals surface area contributed by atoms with Crippen LogP contribution in [0, 0.1) is 0 Å². The van der Waals surface area contributed by atoms with Crippen molar-refractivity contribution in [2.24, 2.45) is 0 Å². The van der Waals surface area contributed by atoms with Gasteiger partial charge < -0.3 is 5.32 Å². The molecule has 0 aromatic carbocycles. The number of carbonyl (C=O) groups is 1. The number of aromatic nitrogens is 1. The molecule has 1 aromatic rings. The molecule has 0 saturated heterocycles. The molecule has 3 nitrogen and oxygen atoms in total. The molecule has 2 heterocycles. The van der Waals surface area contributed by atoms with E-state index in [1.807, 2.05) is 0 Å². The number of rotatable bonds is 0. The fraction of sp³-hybridized carbons (Fsp3) is 0.250. The van der Waals surface area contributed by atoms with E-state index in [0.717, 1.165) is 4.47 Å². The molecule has 0 aliphatic carbocycles. The molecule has 4 heteroatoms. The van der Waals surface area contributed by atoms with Crippen molar-refractivity contribution in [1.29, 1.82) is 0 Å². The minimum Gasteiger partial charge on any atom is -0.369 e. The first-order valence-corrected chi connectivity index (χ1v) is 4.50. The maximum Gasteiger partial charge on any atom is 0.169 e. The monoisotopic (exact) mass is 226 g/mol. The Hall–Kier alpha value is -0.900. The van der Waals surface area contributed by atoms with E-state index in [2.05, 4.69) is 26.2 Å². The van der Waals surface area contributed by atoms with E-state index >= 15 is 0 Å². The zero-order valence-corrected chi connectivity index (χ0v) is 7.89. The number of ketones is 1. The molecule has 0 radical (unpaired) electrons. The second-order valence-corrected chi connectivity index (χ2v) is 3.47. The van der Waals surface area contributed by atoms with Gasteiger partial charge in [-0.15, -0.1) is 0 Å². The summed E-state index contributed by atoms with van der Waals surface area (Å²) in [6.45, 7) is 0.690. The third-order valence-electron chi connectivity index (χ3n) is 1.82. The number of hydrogen-bond donors (Lipinski definition) is 1. The third kappa shape index (κ3) is 1.12. The number of anilines is 1. The van der Waals surface area contributed by atoms with Gasteiger partial charge in [0.2, 0.25) is 0 Å². The predicted octanol–water partition coefficient (Wildman–Crippen LogP) is 1.84. The molecule has 1 N–H and O–H groups in total. The number of fused-ring (bicyclic) bond motifs is 1. The molecular formula is C8H7BrN2O. The molecule has 1 aromatic heterocycles. The van der Waals surface area contributed by atoms with Crippen molar-refractivity contribution in [3.8, 4) is 0 Å². The highest BCUT2D eigenvalue weighted by molar-refractivity contribution is 9.10. The fourth-order valence-electron chi connectivity index (χ4n) is 1.26. The first kappa shape index (κ1) is 7.73. The van der Waals surface area contributed by atoms with E-state index in [-0.39, 0.29) is 5.78 Å².